The Hall–Kier alpha value is -1.71. The molecule has 2 saturated heterocycles. The van der Waals surface area contributed by atoms with Crippen LogP contribution in [0.25, 0.3) is 0 Å². The number of carbonyl (C=O) groups excluding carboxylic acids is 1. The molecular formula is C20H19Cl3N2O5S. The van der Waals surface area contributed by atoms with Crippen molar-refractivity contribution in [1.29, 1.82) is 0 Å². The van der Waals surface area contributed by atoms with Crippen LogP contribution < -0.4 is 14.4 Å². The highest BCUT2D eigenvalue weighted by molar-refractivity contribution is 7.93. The van der Waals surface area contributed by atoms with E-state index in [9.17, 15) is 13.2 Å². The van der Waals surface area contributed by atoms with E-state index < -0.39 is 15.9 Å². The molecule has 2 aliphatic heterocycles. The van der Waals surface area contributed by atoms with Crippen molar-refractivity contribution in [3.8, 4) is 5.75 Å². The van der Waals surface area contributed by atoms with Crippen LogP contribution in [0.3, 0.4) is 0 Å². The summed E-state index contributed by atoms with van der Waals surface area (Å²) in [4.78, 5) is 13.0. The van der Waals surface area contributed by atoms with E-state index >= 15 is 0 Å². The minimum Gasteiger partial charge on any atom is -0.488 e. The number of nitrogens with zero attached hydrogens (tertiary/aromatic N) is 1. The van der Waals surface area contributed by atoms with Crippen LogP contribution in [0.15, 0.2) is 30.3 Å². The molecule has 2 heterocycles. The predicted octanol–water partition coefficient (Wildman–Crippen LogP) is 4.61. The van der Waals surface area contributed by atoms with Gasteiger partial charge in [-0.2, -0.15) is 0 Å². The highest BCUT2D eigenvalue weighted by Gasteiger charge is 2.30. The Labute approximate surface area is 195 Å². The number of hydrogen-bond donors (Lipinski definition) is 1. The fourth-order valence-electron chi connectivity index (χ4n) is 3.51. The molecule has 2 aromatic rings. The van der Waals surface area contributed by atoms with Gasteiger partial charge in [-0.05, 0) is 30.7 Å². The molecule has 7 nitrogen and oxygen atoms in total. The average Bonchev–Trinajstić information content (AvgIpc) is 3.32. The summed E-state index contributed by atoms with van der Waals surface area (Å²) in [5.41, 5.74) is 0.754. The topological polar surface area (TPSA) is 84.9 Å². The summed E-state index contributed by atoms with van der Waals surface area (Å²) >= 11 is 18.6. The lowest BCUT2D eigenvalue weighted by Crippen LogP contribution is -2.25. The molecule has 1 amide bonds. The number of benzene rings is 2. The molecular weight excluding hydrogens is 487 g/mol. The lowest BCUT2D eigenvalue weighted by Gasteiger charge is -2.19. The molecule has 0 saturated carbocycles. The Bertz CT molecular complexity index is 1120. The number of amides is 1. The SMILES string of the molecule is O=C(Nc1cc(Cl)cc(OC2CCOC2)c1)c1cc(N2CCCS2(=O)=O)cc(Cl)c1Cl. The van der Waals surface area contributed by atoms with Gasteiger partial charge in [0.2, 0.25) is 10.0 Å². The molecule has 1 atom stereocenters. The fraction of sp³-hybridized carbons (Fsp3) is 0.350. The number of ether oxygens (including phenoxy) is 2. The molecule has 2 fully saturated rings. The molecule has 31 heavy (non-hydrogen) atoms. The molecule has 1 unspecified atom stereocenters. The molecule has 0 bridgehead atoms. The van der Waals surface area contributed by atoms with E-state index in [1.54, 1.807) is 18.2 Å². The molecule has 0 radical (unpaired) electrons. The lowest BCUT2D eigenvalue weighted by atomic mass is 10.1. The van der Waals surface area contributed by atoms with Gasteiger partial charge >= 0.3 is 0 Å². The molecule has 1 N–H and O–H groups in total. The fourth-order valence-corrected chi connectivity index (χ4v) is 5.69. The Morgan fingerprint density at radius 2 is 1.97 bits per heavy atom. The molecule has 2 aliphatic rings. The van der Waals surface area contributed by atoms with Gasteiger partial charge in [-0.3, -0.25) is 9.10 Å². The van der Waals surface area contributed by atoms with Crippen molar-refractivity contribution in [2.24, 2.45) is 0 Å². The quantitative estimate of drug-likeness (QED) is 0.642. The standard InChI is InChI=1S/C20H19Cl3N2O5S/c21-12-6-13(8-16(7-12)30-15-2-4-29-11-15)24-20(26)17-9-14(10-18(22)19(17)23)25-3-1-5-31(25,27)28/h6-10,15H,1-5,11H2,(H,24,26). The van der Waals surface area contributed by atoms with Crippen LogP contribution in [0.2, 0.25) is 15.1 Å². The Morgan fingerprint density at radius 1 is 1.16 bits per heavy atom. The summed E-state index contributed by atoms with van der Waals surface area (Å²) in [5, 5.41) is 3.22. The normalized spacial score (nSPS) is 20.1. The van der Waals surface area contributed by atoms with Gasteiger partial charge in [0.25, 0.3) is 5.91 Å². The zero-order valence-electron chi connectivity index (χ0n) is 16.2. The van der Waals surface area contributed by atoms with Gasteiger partial charge in [-0.25, -0.2) is 8.42 Å². The van der Waals surface area contributed by atoms with E-state index in [1.807, 2.05) is 0 Å². The van der Waals surface area contributed by atoms with Crippen molar-refractivity contribution in [3.05, 3.63) is 51.0 Å². The Morgan fingerprint density at radius 3 is 2.65 bits per heavy atom. The maximum Gasteiger partial charge on any atom is 0.257 e. The van der Waals surface area contributed by atoms with Crippen LogP contribution >= 0.6 is 34.8 Å². The first-order chi connectivity index (χ1) is 14.7. The predicted molar refractivity (Wildman–Crippen MR) is 121 cm³/mol. The number of anilines is 2. The van der Waals surface area contributed by atoms with E-state index in [0.29, 0.717) is 48.3 Å². The lowest BCUT2D eigenvalue weighted by molar-refractivity contribution is 0.102. The van der Waals surface area contributed by atoms with Gasteiger partial charge in [0.05, 0.1) is 40.3 Å². The van der Waals surface area contributed by atoms with Crippen molar-refractivity contribution in [2.75, 3.05) is 35.1 Å². The molecule has 2 aromatic carbocycles. The number of nitrogens with one attached hydrogen (secondary N) is 1. The van der Waals surface area contributed by atoms with Crippen molar-refractivity contribution in [1.82, 2.24) is 0 Å². The number of hydrogen-bond acceptors (Lipinski definition) is 5. The summed E-state index contributed by atoms with van der Waals surface area (Å²) < 4.78 is 36.9. The first kappa shape index (κ1) is 22.5. The summed E-state index contributed by atoms with van der Waals surface area (Å²) in [6.07, 6.45) is 1.20. The van der Waals surface area contributed by atoms with Crippen molar-refractivity contribution in [3.63, 3.8) is 0 Å². The second-order valence-corrected chi connectivity index (χ2v) is 10.5. The van der Waals surface area contributed by atoms with Crippen molar-refractivity contribution < 1.29 is 22.7 Å². The number of carbonyl (C=O) groups is 1. The van der Waals surface area contributed by atoms with Gasteiger partial charge < -0.3 is 14.8 Å². The third kappa shape index (κ3) is 5.04. The highest BCUT2D eigenvalue weighted by Crippen LogP contribution is 2.35. The highest BCUT2D eigenvalue weighted by atomic mass is 35.5. The van der Waals surface area contributed by atoms with Crippen LogP contribution in [0.1, 0.15) is 23.2 Å². The third-order valence-electron chi connectivity index (χ3n) is 4.96. The molecule has 166 valence electrons. The zero-order valence-corrected chi connectivity index (χ0v) is 19.3. The summed E-state index contributed by atoms with van der Waals surface area (Å²) in [5.74, 6) is -0.00589. The first-order valence-corrected chi connectivity index (χ1v) is 12.3. The number of rotatable bonds is 5. The molecule has 0 spiro atoms. The van der Waals surface area contributed by atoms with Crippen LogP contribution in [0.4, 0.5) is 11.4 Å². The van der Waals surface area contributed by atoms with Crippen LogP contribution in [0, 0.1) is 0 Å². The minimum absolute atomic E-state index is 0.0288. The number of halogens is 3. The Balaban J connectivity index is 1.59. The second kappa shape index (κ2) is 9.03. The Kier molecular flexibility index (Phi) is 6.55. The van der Waals surface area contributed by atoms with Crippen molar-refractivity contribution in [2.45, 2.75) is 18.9 Å². The molecule has 0 aliphatic carbocycles. The van der Waals surface area contributed by atoms with Crippen LogP contribution in [-0.4, -0.2) is 45.9 Å². The summed E-state index contributed by atoms with van der Waals surface area (Å²) in [7, 11) is -3.44. The second-order valence-electron chi connectivity index (χ2n) is 7.26. The minimum atomic E-state index is -3.44. The van der Waals surface area contributed by atoms with E-state index in [0.717, 1.165) is 6.42 Å². The van der Waals surface area contributed by atoms with Gasteiger partial charge in [0.15, 0.2) is 0 Å². The summed E-state index contributed by atoms with van der Waals surface area (Å²) in [6, 6.07) is 7.73. The molecule has 0 aromatic heterocycles. The largest absolute Gasteiger partial charge is 0.488 e. The van der Waals surface area contributed by atoms with Gasteiger partial charge in [0, 0.05) is 29.7 Å². The van der Waals surface area contributed by atoms with Crippen LogP contribution in [-0.2, 0) is 14.8 Å². The maximum absolute atomic E-state index is 13.0. The van der Waals surface area contributed by atoms with Gasteiger partial charge in [-0.1, -0.05) is 34.8 Å². The smallest absolute Gasteiger partial charge is 0.257 e. The first-order valence-electron chi connectivity index (χ1n) is 9.59. The average molecular weight is 506 g/mol. The van der Waals surface area contributed by atoms with Gasteiger partial charge in [0.1, 0.15) is 11.9 Å². The van der Waals surface area contributed by atoms with E-state index in [-0.39, 0.29) is 27.5 Å². The van der Waals surface area contributed by atoms with E-state index in [4.69, 9.17) is 44.3 Å². The van der Waals surface area contributed by atoms with E-state index in [1.165, 1.54) is 16.4 Å². The molecule has 11 heteroatoms. The monoisotopic (exact) mass is 504 g/mol. The van der Waals surface area contributed by atoms with Crippen LogP contribution in [0.5, 0.6) is 5.75 Å². The third-order valence-corrected chi connectivity index (χ3v) is 7.85. The van der Waals surface area contributed by atoms with E-state index in [2.05, 4.69) is 5.32 Å². The van der Waals surface area contributed by atoms with Gasteiger partial charge in [-0.15, -0.1) is 0 Å². The zero-order chi connectivity index (χ0) is 22.2. The van der Waals surface area contributed by atoms with Crippen molar-refractivity contribution >= 4 is 62.1 Å². The molecule has 4 rings (SSSR count). The summed E-state index contributed by atoms with van der Waals surface area (Å²) in [6.45, 7) is 1.45. The number of sulfonamides is 1. The maximum atomic E-state index is 13.0.